The molecule has 2 fully saturated rings. The van der Waals surface area contributed by atoms with Crippen molar-refractivity contribution in [3.05, 3.63) is 36.7 Å². The van der Waals surface area contributed by atoms with E-state index in [-0.39, 0.29) is 41.5 Å². The molecule has 6 atom stereocenters. The highest BCUT2D eigenvalue weighted by Crippen LogP contribution is 2.52. The number of hydrogen-bond donors (Lipinski definition) is 3. The average Bonchev–Trinajstić information content (AvgIpc) is 3.68. The number of imidazole rings is 1. The molecular formula is C27H35F2N6O8P. The Hall–Kier alpha value is -3.43. The van der Waals surface area contributed by atoms with Gasteiger partial charge in [-0.3, -0.25) is 13.9 Å². The summed E-state index contributed by atoms with van der Waals surface area (Å²) >= 11 is 0. The van der Waals surface area contributed by atoms with Crippen LogP contribution in [0.15, 0.2) is 36.7 Å². The van der Waals surface area contributed by atoms with Crippen molar-refractivity contribution in [3.8, 4) is 11.6 Å². The lowest BCUT2D eigenvalue weighted by Crippen LogP contribution is -2.47. The maximum atomic E-state index is 16.3. The number of aliphatic hydroxyl groups is 1. The van der Waals surface area contributed by atoms with Crippen molar-refractivity contribution in [1.29, 1.82) is 0 Å². The van der Waals surface area contributed by atoms with Crippen molar-refractivity contribution in [2.45, 2.75) is 82.5 Å². The van der Waals surface area contributed by atoms with Crippen molar-refractivity contribution in [1.82, 2.24) is 24.6 Å². The Bertz CT molecular complexity index is 1520. The van der Waals surface area contributed by atoms with Crippen LogP contribution in [0.1, 0.15) is 52.7 Å². The van der Waals surface area contributed by atoms with Crippen molar-refractivity contribution < 1.29 is 46.5 Å². The molecule has 1 aliphatic heterocycles. The Kier molecular flexibility index (Phi) is 9.10. The normalized spacial score (nSPS) is 27.7. The average molecular weight is 641 g/mol. The summed E-state index contributed by atoms with van der Waals surface area (Å²) in [5, 5.41) is 13.3. The number of carbonyl (C=O) groups is 1. The minimum Gasteiger partial charge on any atom is -0.476 e. The Morgan fingerprint density at radius 2 is 1.98 bits per heavy atom. The second-order valence-corrected chi connectivity index (χ2v) is 12.5. The topological polar surface area (TPSA) is 182 Å². The van der Waals surface area contributed by atoms with Gasteiger partial charge in [0.2, 0.25) is 11.8 Å². The lowest BCUT2D eigenvalue weighted by molar-refractivity contribution is -0.202. The van der Waals surface area contributed by atoms with Crippen LogP contribution in [0.2, 0.25) is 0 Å². The number of nitrogens with two attached hydrogens (primary N) is 1. The molecule has 1 saturated heterocycles. The van der Waals surface area contributed by atoms with E-state index in [0.29, 0.717) is 12.8 Å². The zero-order chi connectivity index (χ0) is 31.7. The smallest absolute Gasteiger partial charge is 0.459 e. The second-order valence-electron chi connectivity index (χ2n) is 10.8. The van der Waals surface area contributed by atoms with Gasteiger partial charge in [-0.25, -0.2) is 18.3 Å². The Balaban J connectivity index is 1.38. The van der Waals surface area contributed by atoms with Crippen molar-refractivity contribution in [2.75, 3.05) is 18.9 Å². The van der Waals surface area contributed by atoms with Crippen molar-refractivity contribution in [2.24, 2.45) is 0 Å². The summed E-state index contributed by atoms with van der Waals surface area (Å²) in [4.78, 5) is 24.9. The maximum absolute atomic E-state index is 16.3. The highest BCUT2D eigenvalue weighted by atomic mass is 31.2. The van der Waals surface area contributed by atoms with E-state index >= 15 is 8.78 Å². The summed E-state index contributed by atoms with van der Waals surface area (Å²) in [5.74, 6) is -4.09. The Labute approximate surface area is 251 Å². The highest BCUT2D eigenvalue weighted by molar-refractivity contribution is 7.52. The molecule has 2 aliphatic rings. The number of hydrogen-bond acceptors (Lipinski definition) is 12. The van der Waals surface area contributed by atoms with Gasteiger partial charge >= 0.3 is 13.7 Å². The van der Waals surface area contributed by atoms with Crippen LogP contribution >= 0.6 is 7.75 Å². The van der Waals surface area contributed by atoms with Gasteiger partial charge in [-0.15, -0.1) is 0 Å². The minimum absolute atomic E-state index is 0.0216. The summed E-state index contributed by atoms with van der Waals surface area (Å²) in [6, 6.07) is 6.61. The number of aromatic nitrogens is 4. The lowest BCUT2D eigenvalue weighted by Gasteiger charge is -2.28. The van der Waals surface area contributed by atoms with Gasteiger partial charge in [0.05, 0.1) is 12.9 Å². The molecule has 1 aromatic carbocycles. The number of carbonyl (C=O) groups excluding carboxylic acids is 1. The molecule has 17 heteroatoms. The zero-order valence-electron chi connectivity index (χ0n) is 24.4. The van der Waals surface area contributed by atoms with E-state index in [9.17, 15) is 14.5 Å². The third kappa shape index (κ3) is 6.49. The highest BCUT2D eigenvalue weighted by Gasteiger charge is 2.65. The predicted molar refractivity (Wildman–Crippen MR) is 152 cm³/mol. The van der Waals surface area contributed by atoms with Gasteiger partial charge in [-0.2, -0.15) is 15.1 Å². The molecular weight excluding hydrogens is 605 g/mol. The van der Waals surface area contributed by atoms with Crippen molar-refractivity contribution >= 4 is 30.8 Å². The van der Waals surface area contributed by atoms with E-state index in [1.165, 1.54) is 19.1 Å². The molecule has 4 N–H and O–H groups in total. The molecule has 1 aliphatic carbocycles. The summed E-state index contributed by atoms with van der Waals surface area (Å²) in [7, 11) is -4.58. The van der Waals surface area contributed by atoms with Gasteiger partial charge in [-0.05, 0) is 58.6 Å². The quantitative estimate of drug-likeness (QED) is 0.192. The molecule has 0 radical (unpaired) electrons. The SMILES string of the molecule is CCOc1nc(N)nc2c1ncn2[C@@H]1O[C@](F)(COP(=O)(NC(C)C(=O)OC2CCCC2)Oc2ccccc2)C(O)[C@@]1(C)F. The summed E-state index contributed by atoms with van der Waals surface area (Å²) < 4.78 is 74.6. The van der Waals surface area contributed by atoms with Crippen LogP contribution in [0, 0.1) is 0 Å². The van der Waals surface area contributed by atoms with Crippen molar-refractivity contribution in [3.63, 3.8) is 0 Å². The first-order chi connectivity index (χ1) is 20.8. The summed E-state index contributed by atoms with van der Waals surface area (Å²) in [6.07, 6.45) is -0.136. The molecule has 0 spiro atoms. The molecule has 3 heterocycles. The fourth-order valence-corrected chi connectivity index (χ4v) is 6.63. The fraction of sp³-hybridized carbons (Fsp3) is 0.556. The van der Waals surface area contributed by atoms with Gasteiger partial charge in [0.15, 0.2) is 29.2 Å². The number of alkyl halides is 2. The number of fused-ring (bicyclic) bond motifs is 1. The molecule has 0 bridgehead atoms. The summed E-state index contributed by atoms with van der Waals surface area (Å²) in [5.41, 5.74) is 3.07. The van der Waals surface area contributed by atoms with E-state index < -0.39 is 50.2 Å². The van der Waals surface area contributed by atoms with E-state index in [2.05, 4.69) is 20.0 Å². The number of nitrogen functional groups attached to an aromatic ring is 1. The number of nitrogens with zero attached hydrogens (tertiary/aromatic N) is 4. The molecule has 0 amide bonds. The van der Waals surface area contributed by atoms with Crippen LogP contribution in [0.3, 0.4) is 0 Å². The molecule has 3 unspecified atom stereocenters. The molecule has 3 aromatic rings. The van der Waals surface area contributed by atoms with Gasteiger partial charge in [0.1, 0.15) is 24.5 Å². The van der Waals surface area contributed by atoms with Crippen LogP contribution in [-0.2, 0) is 23.4 Å². The third-order valence-corrected chi connectivity index (χ3v) is 8.99. The number of aliphatic hydroxyl groups excluding tert-OH is 1. The van der Waals surface area contributed by atoms with E-state index in [1.807, 2.05) is 0 Å². The maximum Gasteiger partial charge on any atom is 0.459 e. The number of rotatable bonds is 12. The number of esters is 1. The molecule has 1 saturated carbocycles. The first-order valence-corrected chi connectivity index (χ1v) is 15.7. The monoisotopic (exact) mass is 640 g/mol. The van der Waals surface area contributed by atoms with Crippen LogP contribution in [0.5, 0.6) is 11.6 Å². The van der Waals surface area contributed by atoms with Gasteiger partial charge in [0, 0.05) is 0 Å². The van der Waals surface area contributed by atoms with Gasteiger partial charge in [-0.1, -0.05) is 18.2 Å². The number of benzene rings is 1. The minimum atomic E-state index is -4.58. The summed E-state index contributed by atoms with van der Waals surface area (Å²) in [6.45, 7) is 2.97. The Morgan fingerprint density at radius 3 is 2.66 bits per heavy atom. The van der Waals surface area contributed by atoms with E-state index in [1.54, 1.807) is 25.1 Å². The number of para-hydroxylation sites is 1. The number of ether oxygens (including phenoxy) is 3. The van der Waals surface area contributed by atoms with E-state index in [0.717, 1.165) is 30.7 Å². The third-order valence-electron chi connectivity index (χ3n) is 7.36. The standard InChI is InChI=1S/C27H35F2N6O8P/c1-4-39-21-19-20(32-25(30)33-21)35(15-31-19)24-26(3,28)23(37)27(29,42-24)14-40-44(38,43-18-12-6-5-7-13-18)34-16(2)22(36)41-17-10-8-9-11-17/h5-7,12-13,15-17,23-24,37H,4,8-11,14H2,1-3H3,(H,34,38)(H2,30,32,33)/t16?,23?,24-,26-,27-,44?/m1/s1. The van der Waals surface area contributed by atoms with Gasteiger partial charge in [0.25, 0.3) is 5.85 Å². The predicted octanol–water partition coefficient (Wildman–Crippen LogP) is 3.76. The molecule has 5 rings (SSSR count). The first kappa shape index (κ1) is 32.0. The molecule has 240 valence electrons. The molecule has 44 heavy (non-hydrogen) atoms. The number of anilines is 1. The first-order valence-electron chi connectivity index (χ1n) is 14.2. The van der Waals surface area contributed by atoms with Crippen LogP contribution in [0.4, 0.5) is 14.7 Å². The van der Waals surface area contributed by atoms with E-state index in [4.69, 9.17) is 29.0 Å². The molecule has 14 nitrogen and oxygen atoms in total. The number of halogens is 2. The Morgan fingerprint density at radius 1 is 1.27 bits per heavy atom. The number of nitrogens with one attached hydrogen (secondary N) is 1. The fourth-order valence-electron chi connectivity index (χ4n) is 5.12. The van der Waals surface area contributed by atoms with Gasteiger partial charge < -0.3 is 29.6 Å². The van der Waals surface area contributed by atoms with Crippen LogP contribution in [0.25, 0.3) is 11.2 Å². The largest absolute Gasteiger partial charge is 0.476 e. The molecule has 2 aromatic heterocycles. The lowest BCUT2D eigenvalue weighted by atomic mass is 9.97. The zero-order valence-corrected chi connectivity index (χ0v) is 25.3. The van der Waals surface area contributed by atoms with Crippen LogP contribution < -0.4 is 20.1 Å². The second kappa shape index (κ2) is 12.5. The van der Waals surface area contributed by atoms with Crippen LogP contribution in [-0.4, -0.2) is 73.6 Å².